The third-order valence-electron chi connectivity index (χ3n) is 1.85. The summed E-state index contributed by atoms with van der Waals surface area (Å²) in [6.45, 7) is 0.230. The smallest absolute Gasteiger partial charge is 0.234 e. The van der Waals surface area contributed by atoms with Gasteiger partial charge >= 0.3 is 0 Å². The average molecular weight is 252 g/mol. The van der Waals surface area contributed by atoms with E-state index < -0.39 is 5.82 Å². The summed E-state index contributed by atoms with van der Waals surface area (Å²) in [6.07, 6.45) is 1.81. The minimum Gasteiger partial charge on any atom is -0.323 e. The number of hydrogen-bond donors (Lipinski definition) is 2. The van der Waals surface area contributed by atoms with E-state index >= 15 is 0 Å². The summed E-state index contributed by atoms with van der Waals surface area (Å²) < 4.78 is 13.6. The highest BCUT2D eigenvalue weighted by molar-refractivity contribution is 7.99. The number of thioether (sulfide) groups is 1. The van der Waals surface area contributed by atoms with Gasteiger partial charge in [-0.1, -0.05) is 11.8 Å². The lowest BCUT2D eigenvalue weighted by molar-refractivity contribution is -0.113. The Morgan fingerprint density at radius 2 is 2.35 bits per heavy atom. The fraction of sp³-hybridized carbons (Fsp3) is 0.250. The zero-order valence-electron chi connectivity index (χ0n) is 9.42. The summed E-state index contributed by atoms with van der Waals surface area (Å²) in [5.74, 6) is 4.93. The highest BCUT2D eigenvalue weighted by atomic mass is 32.2. The first-order valence-corrected chi connectivity index (χ1v) is 6.34. The Hall–Kier alpha value is -1.51. The van der Waals surface area contributed by atoms with Gasteiger partial charge in [0.05, 0.1) is 18.0 Å². The summed E-state index contributed by atoms with van der Waals surface area (Å²) >= 11 is 1.38. The zero-order valence-corrected chi connectivity index (χ0v) is 10.2. The fourth-order valence-corrected chi connectivity index (χ4v) is 1.50. The molecular weight excluding hydrogens is 239 g/mol. The average Bonchev–Trinajstić information content (AvgIpc) is 2.30. The summed E-state index contributed by atoms with van der Waals surface area (Å²) in [4.78, 5) is 11.3. The third-order valence-corrected chi connectivity index (χ3v) is 2.40. The van der Waals surface area contributed by atoms with Gasteiger partial charge < -0.3 is 11.1 Å². The van der Waals surface area contributed by atoms with Gasteiger partial charge in [0.15, 0.2) is 0 Å². The number of halogens is 1. The van der Waals surface area contributed by atoms with Crippen LogP contribution in [0.4, 0.5) is 10.1 Å². The van der Waals surface area contributed by atoms with Gasteiger partial charge in [0.2, 0.25) is 5.91 Å². The van der Waals surface area contributed by atoms with Crippen molar-refractivity contribution < 1.29 is 9.18 Å². The van der Waals surface area contributed by atoms with Crippen LogP contribution in [0.25, 0.3) is 0 Å². The molecule has 0 aliphatic carbocycles. The number of rotatable bonds is 3. The molecule has 5 heteroatoms. The van der Waals surface area contributed by atoms with Crippen molar-refractivity contribution in [2.24, 2.45) is 5.73 Å². The molecule has 0 radical (unpaired) electrons. The number of carbonyl (C=O) groups excluding carboxylic acids is 1. The van der Waals surface area contributed by atoms with Crippen LogP contribution < -0.4 is 11.1 Å². The molecule has 90 valence electrons. The lowest BCUT2D eigenvalue weighted by Crippen LogP contribution is -2.14. The summed E-state index contributed by atoms with van der Waals surface area (Å²) in [5.41, 5.74) is 5.92. The zero-order chi connectivity index (χ0) is 12.7. The van der Waals surface area contributed by atoms with Crippen molar-refractivity contribution in [3.05, 3.63) is 29.6 Å². The summed E-state index contributed by atoms with van der Waals surface area (Å²) in [6, 6.07) is 4.41. The standard InChI is InChI=1S/C12H13FN2OS/c1-17-8-12(16)15-11-5-4-9(3-2-6-14)7-10(11)13/h4-5,7H,6,8,14H2,1H3,(H,15,16). The monoisotopic (exact) mass is 252 g/mol. The predicted molar refractivity (Wildman–Crippen MR) is 69.3 cm³/mol. The SMILES string of the molecule is CSCC(=O)Nc1ccc(C#CCN)cc1F. The van der Waals surface area contributed by atoms with Gasteiger partial charge in [-0.2, -0.15) is 11.8 Å². The van der Waals surface area contributed by atoms with Gasteiger partial charge in [0.25, 0.3) is 0 Å². The van der Waals surface area contributed by atoms with Crippen LogP contribution in [0.2, 0.25) is 0 Å². The Morgan fingerprint density at radius 3 is 2.94 bits per heavy atom. The lowest BCUT2D eigenvalue weighted by atomic mass is 10.2. The Morgan fingerprint density at radius 1 is 1.59 bits per heavy atom. The Bertz CT molecular complexity index is 465. The van der Waals surface area contributed by atoms with E-state index in [2.05, 4.69) is 17.2 Å². The molecule has 1 rings (SSSR count). The van der Waals surface area contributed by atoms with Crippen molar-refractivity contribution >= 4 is 23.4 Å². The number of amides is 1. The Labute approximate surface area is 104 Å². The van der Waals surface area contributed by atoms with Gasteiger partial charge in [0.1, 0.15) is 5.82 Å². The second kappa shape index (κ2) is 6.94. The van der Waals surface area contributed by atoms with Crippen LogP contribution in [-0.4, -0.2) is 24.5 Å². The van der Waals surface area contributed by atoms with Crippen molar-refractivity contribution in [1.29, 1.82) is 0 Å². The van der Waals surface area contributed by atoms with E-state index in [9.17, 15) is 9.18 Å². The quantitative estimate of drug-likeness (QED) is 0.800. The Balaban J connectivity index is 2.79. The highest BCUT2D eigenvalue weighted by Gasteiger charge is 2.06. The van der Waals surface area contributed by atoms with Gasteiger partial charge in [-0.05, 0) is 24.5 Å². The second-order valence-corrected chi connectivity index (χ2v) is 4.05. The van der Waals surface area contributed by atoms with Gasteiger partial charge in [-0.25, -0.2) is 4.39 Å². The molecule has 0 fully saturated rings. The maximum Gasteiger partial charge on any atom is 0.234 e. The molecule has 0 saturated carbocycles. The van der Waals surface area contributed by atoms with E-state index in [0.717, 1.165) is 0 Å². The van der Waals surface area contributed by atoms with Crippen molar-refractivity contribution in [2.45, 2.75) is 0 Å². The van der Waals surface area contributed by atoms with Gasteiger partial charge in [-0.15, -0.1) is 0 Å². The van der Waals surface area contributed by atoms with E-state index in [-0.39, 0.29) is 18.1 Å². The van der Waals surface area contributed by atoms with Crippen LogP contribution in [0.3, 0.4) is 0 Å². The van der Waals surface area contributed by atoms with Crippen LogP contribution in [0.15, 0.2) is 18.2 Å². The molecule has 3 N–H and O–H groups in total. The van der Waals surface area contributed by atoms with E-state index in [0.29, 0.717) is 11.3 Å². The first-order valence-electron chi connectivity index (χ1n) is 4.94. The van der Waals surface area contributed by atoms with E-state index in [1.165, 1.54) is 23.9 Å². The number of nitrogens with two attached hydrogens (primary N) is 1. The van der Waals surface area contributed by atoms with Gasteiger partial charge in [-0.3, -0.25) is 4.79 Å². The van der Waals surface area contributed by atoms with Crippen LogP contribution >= 0.6 is 11.8 Å². The molecule has 0 aromatic heterocycles. The maximum absolute atomic E-state index is 13.6. The van der Waals surface area contributed by atoms with Crippen LogP contribution in [0, 0.1) is 17.7 Å². The first-order chi connectivity index (χ1) is 8.17. The van der Waals surface area contributed by atoms with E-state index in [1.807, 2.05) is 0 Å². The van der Waals surface area contributed by atoms with Crippen molar-refractivity contribution in [3.63, 3.8) is 0 Å². The summed E-state index contributed by atoms with van der Waals surface area (Å²) in [5, 5.41) is 2.49. The molecule has 0 heterocycles. The molecule has 0 aliphatic rings. The maximum atomic E-state index is 13.6. The molecule has 17 heavy (non-hydrogen) atoms. The van der Waals surface area contributed by atoms with Gasteiger partial charge in [0, 0.05) is 5.56 Å². The Kier molecular flexibility index (Phi) is 5.53. The molecule has 0 aliphatic heterocycles. The lowest BCUT2D eigenvalue weighted by Gasteiger charge is -2.05. The normalized spacial score (nSPS) is 9.35. The van der Waals surface area contributed by atoms with Crippen LogP contribution in [0.1, 0.15) is 5.56 Å². The van der Waals surface area contributed by atoms with E-state index in [4.69, 9.17) is 5.73 Å². The largest absolute Gasteiger partial charge is 0.323 e. The molecule has 0 saturated heterocycles. The molecular formula is C12H13FN2OS. The highest BCUT2D eigenvalue weighted by Crippen LogP contribution is 2.15. The second-order valence-electron chi connectivity index (χ2n) is 3.18. The predicted octanol–water partition coefficient (Wildman–Crippen LogP) is 1.44. The van der Waals surface area contributed by atoms with Crippen molar-refractivity contribution in [2.75, 3.05) is 23.9 Å². The molecule has 0 atom stereocenters. The molecule has 3 nitrogen and oxygen atoms in total. The minimum atomic E-state index is -0.497. The number of carbonyl (C=O) groups is 1. The van der Waals surface area contributed by atoms with E-state index in [1.54, 1.807) is 12.3 Å². The molecule has 0 bridgehead atoms. The number of hydrogen-bond acceptors (Lipinski definition) is 3. The molecule has 0 unspecified atom stereocenters. The summed E-state index contributed by atoms with van der Waals surface area (Å²) in [7, 11) is 0. The fourth-order valence-electron chi connectivity index (χ4n) is 1.16. The number of anilines is 1. The van der Waals surface area contributed by atoms with Crippen molar-refractivity contribution in [3.8, 4) is 11.8 Å². The number of benzene rings is 1. The topological polar surface area (TPSA) is 55.1 Å². The van der Waals surface area contributed by atoms with Crippen LogP contribution in [-0.2, 0) is 4.79 Å². The number of nitrogens with one attached hydrogen (secondary N) is 1. The van der Waals surface area contributed by atoms with Crippen molar-refractivity contribution in [1.82, 2.24) is 0 Å². The molecule has 1 aromatic carbocycles. The molecule has 1 amide bonds. The molecule has 0 spiro atoms. The minimum absolute atomic E-state index is 0.169. The molecule has 1 aromatic rings. The van der Waals surface area contributed by atoms with Crippen LogP contribution in [0.5, 0.6) is 0 Å². The third kappa shape index (κ3) is 4.47. The first kappa shape index (κ1) is 13.6.